The summed E-state index contributed by atoms with van der Waals surface area (Å²) >= 11 is 1.79. The molecule has 2 rings (SSSR count). The van der Waals surface area contributed by atoms with Crippen molar-refractivity contribution in [2.45, 2.75) is 58.5 Å². The van der Waals surface area contributed by atoms with Crippen LogP contribution >= 0.6 is 11.3 Å². The minimum absolute atomic E-state index is 0.524. The summed E-state index contributed by atoms with van der Waals surface area (Å²) in [5.74, 6) is 0.524. The van der Waals surface area contributed by atoms with Crippen LogP contribution < -0.4 is 10.6 Å². The van der Waals surface area contributed by atoms with Gasteiger partial charge in [-0.1, -0.05) is 13.8 Å². The van der Waals surface area contributed by atoms with Gasteiger partial charge in [-0.25, -0.2) is 4.98 Å². The first-order valence-electron chi connectivity index (χ1n) is 6.67. The number of hydrogen-bond acceptors (Lipinski definition) is 4. The molecule has 1 aliphatic carbocycles. The van der Waals surface area contributed by atoms with E-state index in [0.29, 0.717) is 12.5 Å². The van der Waals surface area contributed by atoms with Crippen molar-refractivity contribution in [1.82, 2.24) is 4.98 Å². The second kappa shape index (κ2) is 5.36. The highest BCUT2D eigenvalue weighted by atomic mass is 32.1. The van der Waals surface area contributed by atoms with E-state index >= 15 is 0 Å². The van der Waals surface area contributed by atoms with Gasteiger partial charge in [0.25, 0.3) is 0 Å². The Morgan fingerprint density at radius 1 is 1.47 bits per heavy atom. The zero-order chi connectivity index (χ0) is 12.4. The molecule has 0 aromatic carbocycles. The van der Waals surface area contributed by atoms with E-state index in [1.165, 1.54) is 28.5 Å². The maximum Gasteiger partial charge on any atom is 0.186 e. The third kappa shape index (κ3) is 2.63. The summed E-state index contributed by atoms with van der Waals surface area (Å²) in [5, 5.41) is 1.19. The van der Waals surface area contributed by atoms with E-state index in [-0.39, 0.29) is 0 Å². The highest BCUT2D eigenvalue weighted by Crippen LogP contribution is 2.37. The number of nitrogens with zero attached hydrogens (tertiary/aromatic N) is 2. The van der Waals surface area contributed by atoms with Crippen molar-refractivity contribution in [1.29, 1.82) is 0 Å². The molecule has 0 radical (unpaired) electrons. The Bertz CT molecular complexity index is 371. The average Bonchev–Trinajstić information content (AvgIpc) is 3.08. The minimum Gasteiger partial charge on any atom is -0.345 e. The molecule has 1 aromatic heterocycles. The molecule has 0 saturated heterocycles. The quantitative estimate of drug-likeness (QED) is 0.847. The number of rotatable bonds is 6. The van der Waals surface area contributed by atoms with Crippen molar-refractivity contribution in [3.63, 3.8) is 0 Å². The summed E-state index contributed by atoms with van der Waals surface area (Å²) in [6.07, 6.45) is 3.78. The first-order chi connectivity index (χ1) is 8.21. The van der Waals surface area contributed by atoms with Crippen LogP contribution in [0.2, 0.25) is 0 Å². The summed E-state index contributed by atoms with van der Waals surface area (Å²) < 4.78 is 0. The van der Waals surface area contributed by atoms with Gasteiger partial charge in [-0.05, 0) is 32.1 Å². The molecule has 1 heterocycles. The summed E-state index contributed by atoms with van der Waals surface area (Å²) in [6, 6.07) is 0.738. The molecule has 1 fully saturated rings. The van der Waals surface area contributed by atoms with Crippen LogP contribution in [0.25, 0.3) is 0 Å². The molecule has 0 spiro atoms. The van der Waals surface area contributed by atoms with E-state index in [1.807, 2.05) is 0 Å². The van der Waals surface area contributed by atoms with Crippen LogP contribution in [0.5, 0.6) is 0 Å². The number of anilines is 1. The molecule has 0 amide bonds. The van der Waals surface area contributed by atoms with Gasteiger partial charge in [0.1, 0.15) is 0 Å². The summed E-state index contributed by atoms with van der Waals surface area (Å²) in [5.41, 5.74) is 7.07. The predicted octanol–water partition coefficient (Wildman–Crippen LogP) is 3.10. The number of hydrogen-bond donors (Lipinski definition) is 1. The van der Waals surface area contributed by atoms with Crippen molar-refractivity contribution in [2.24, 2.45) is 5.73 Å². The molecule has 96 valence electrons. The van der Waals surface area contributed by atoms with Crippen LogP contribution in [0.3, 0.4) is 0 Å². The van der Waals surface area contributed by atoms with E-state index in [1.54, 1.807) is 11.3 Å². The van der Waals surface area contributed by atoms with Gasteiger partial charge in [0.2, 0.25) is 0 Å². The van der Waals surface area contributed by atoms with Crippen LogP contribution in [0.15, 0.2) is 0 Å². The highest BCUT2D eigenvalue weighted by Gasteiger charge is 2.30. The van der Waals surface area contributed by atoms with E-state index in [0.717, 1.165) is 19.0 Å². The lowest BCUT2D eigenvalue weighted by molar-refractivity contribution is 0.700. The molecule has 0 bridgehead atoms. The molecular formula is C13H23N3S. The number of thiazole rings is 1. The van der Waals surface area contributed by atoms with E-state index < -0.39 is 0 Å². The molecule has 1 atom stereocenters. The monoisotopic (exact) mass is 253 g/mol. The third-order valence-electron chi connectivity index (χ3n) is 3.55. The van der Waals surface area contributed by atoms with Crippen LogP contribution in [-0.2, 0) is 6.54 Å². The second-order valence-corrected chi connectivity index (χ2v) is 5.90. The third-order valence-corrected chi connectivity index (χ3v) is 4.69. The normalized spacial score (nSPS) is 17.2. The van der Waals surface area contributed by atoms with Gasteiger partial charge < -0.3 is 10.6 Å². The average molecular weight is 253 g/mol. The van der Waals surface area contributed by atoms with Crippen molar-refractivity contribution >= 4 is 16.5 Å². The molecule has 0 aliphatic heterocycles. The molecular weight excluding hydrogens is 230 g/mol. The topological polar surface area (TPSA) is 42.2 Å². The maximum absolute atomic E-state index is 5.84. The van der Waals surface area contributed by atoms with E-state index in [4.69, 9.17) is 10.7 Å². The zero-order valence-electron chi connectivity index (χ0n) is 11.1. The largest absolute Gasteiger partial charge is 0.345 e. The Morgan fingerprint density at radius 2 is 2.18 bits per heavy atom. The first-order valence-corrected chi connectivity index (χ1v) is 7.49. The van der Waals surface area contributed by atoms with Gasteiger partial charge in [-0.3, -0.25) is 0 Å². The molecule has 1 saturated carbocycles. The lowest BCUT2D eigenvalue weighted by Crippen LogP contribution is -2.24. The molecule has 17 heavy (non-hydrogen) atoms. The maximum atomic E-state index is 5.84. The van der Waals surface area contributed by atoms with Gasteiger partial charge in [-0.2, -0.15) is 0 Å². The van der Waals surface area contributed by atoms with Gasteiger partial charge in [0.05, 0.1) is 5.69 Å². The van der Waals surface area contributed by atoms with Crippen molar-refractivity contribution < 1.29 is 0 Å². The van der Waals surface area contributed by atoms with Gasteiger partial charge >= 0.3 is 0 Å². The fourth-order valence-electron chi connectivity index (χ4n) is 2.13. The Labute approximate surface area is 108 Å². The molecule has 3 nitrogen and oxygen atoms in total. The Kier molecular flexibility index (Phi) is 4.05. The molecule has 2 N–H and O–H groups in total. The highest BCUT2D eigenvalue weighted by molar-refractivity contribution is 7.15. The predicted molar refractivity (Wildman–Crippen MR) is 74.8 cm³/mol. The minimum atomic E-state index is 0.524. The summed E-state index contributed by atoms with van der Waals surface area (Å²) in [7, 11) is 0. The SMILES string of the molecule is CCC(C)c1nc(N(CC)C2CC2)sc1CN. The van der Waals surface area contributed by atoms with E-state index in [9.17, 15) is 0 Å². The molecule has 4 heteroatoms. The molecule has 1 unspecified atom stereocenters. The first kappa shape index (κ1) is 12.8. The fraction of sp³-hybridized carbons (Fsp3) is 0.769. The van der Waals surface area contributed by atoms with Crippen LogP contribution in [0.4, 0.5) is 5.13 Å². The van der Waals surface area contributed by atoms with Crippen LogP contribution in [0, 0.1) is 0 Å². The fourth-order valence-corrected chi connectivity index (χ4v) is 3.33. The summed E-state index contributed by atoms with van der Waals surface area (Å²) in [6.45, 7) is 8.35. The Morgan fingerprint density at radius 3 is 2.65 bits per heavy atom. The van der Waals surface area contributed by atoms with Crippen molar-refractivity contribution in [3.8, 4) is 0 Å². The van der Waals surface area contributed by atoms with E-state index in [2.05, 4.69) is 25.7 Å². The van der Waals surface area contributed by atoms with Crippen LogP contribution in [0.1, 0.15) is 56.5 Å². The lowest BCUT2D eigenvalue weighted by Gasteiger charge is -2.18. The van der Waals surface area contributed by atoms with Gasteiger partial charge in [-0.15, -0.1) is 11.3 Å². The van der Waals surface area contributed by atoms with Crippen LogP contribution in [-0.4, -0.2) is 17.6 Å². The van der Waals surface area contributed by atoms with Crippen molar-refractivity contribution in [2.75, 3.05) is 11.4 Å². The lowest BCUT2D eigenvalue weighted by atomic mass is 10.0. The zero-order valence-corrected chi connectivity index (χ0v) is 11.9. The summed E-state index contributed by atoms with van der Waals surface area (Å²) in [4.78, 5) is 8.56. The molecule has 1 aliphatic rings. The van der Waals surface area contributed by atoms with Gasteiger partial charge in [0, 0.05) is 24.0 Å². The Hall–Kier alpha value is -0.610. The van der Waals surface area contributed by atoms with Gasteiger partial charge in [0.15, 0.2) is 5.13 Å². The van der Waals surface area contributed by atoms with Crippen molar-refractivity contribution in [3.05, 3.63) is 10.6 Å². The smallest absolute Gasteiger partial charge is 0.186 e. The Balaban J connectivity index is 2.25. The standard InChI is InChI=1S/C13H23N3S/c1-4-9(3)12-11(8-14)17-13(15-12)16(5-2)10-6-7-10/h9-10H,4-8,14H2,1-3H3. The number of nitrogens with two attached hydrogens (primary N) is 1. The molecule has 1 aromatic rings. The second-order valence-electron chi connectivity index (χ2n) is 4.84. The number of aromatic nitrogens is 1.